The van der Waals surface area contributed by atoms with E-state index in [1.165, 1.54) is 18.3 Å². The SMILES string of the molecule is O=C(c1cccc(Cl)c1Cl)N1CCC(S(=O)(=O)c2ccc(O)c3ncccc23)CC1. The van der Waals surface area contributed by atoms with Crippen molar-refractivity contribution in [1.82, 2.24) is 9.88 Å². The molecule has 0 saturated carbocycles. The monoisotopic (exact) mass is 464 g/mol. The van der Waals surface area contributed by atoms with Crippen LogP contribution in [0, 0.1) is 0 Å². The number of fused-ring (bicyclic) bond motifs is 1. The van der Waals surface area contributed by atoms with E-state index in [9.17, 15) is 18.3 Å². The van der Waals surface area contributed by atoms with Crippen molar-refractivity contribution >= 4 is 49.8 Å². The van der Waals surface area contributed by atoms with E-state index in [0.29, 0.717) is 41.9 Å². The number of carbonyl (C=O) groups excluding carboxylic acids is 1. The van der Waals surface area contributed by atoms with Crippen LogP contribution in [0.1, 0.15) is 23.2 Å². The van der Waals surface area contributed by atoms with Crippen LogP contribution < -0.4 is 0 Å². The molecule has 0 spiro atoms. The van der Waals surface area contributed by atoms with Gasteiger partial charge in [-0.2, -0.15) is 0 Å². The summed E-state index contributed by atoms with van der Waals surface area (Å²) < 4.78 is 26.6. The van der Waals surface area contributed by atoms with E-state index in [0.717, 1.165) is 0 Å². The Kier molecular flexibility index (Phi) is 5.61. The first-order valence-corrected chi connectivity index (χ1v) is 11.6. The van der Waals surface area contributed by atoms with Gasteiger partial charge in [-0.3, -0.25) is 9.78 Å². The van der Waals surface area contributed by atoms with Gasteiger partial charge >= 0.3 is 0 Å². The summed E-state index contributed by atoms with van der Waals surface area (Å²) in [5.41, 5.74) is 0.558. The predicted octanol–water partition coefficient (Wildman–Crippen LogP) is 4.33. The van der Waals surface area contributed by atoms with Gasteiger partial charge in [0, 0.05) is 24.7 Å². The molecule has 4 rings (SSSR count). The van der Waals surface area contributed by atoms with Gasteiger partial charge in [0.25, 0.3) is 5.91 Å². The maximum atomic E-state index is 13.3. The minimum Gasteiger partial charge on any atom is -0.506 e. The number of sulfone groups is 1. The number of piperidine rings is 1. The van der Waals surface area contributed by atoms with E-state index in [1.54, 1.807) is 35.2 Å². The van der Waals surface area contributed by atoms with Crippen molar-refractivity contribution in [2.45, 2.75) is 23.0 Å². The van der Waals surface area contributed by atoms with E-state index >= 15 is 0 Å². The molecule has 0 radical (unpaired) electrons. The highest BCUT2D eigenvalue weighted by molar-refractivity contribution is 7.92. The molecular formula is C21H18Cl2N2O4S. The number of aromatic hydroxyl groups is 1. The van der Waals surface area contributed by atoms with Crippen molar-refractivity contribution in [1.29, 1.82) is 0 Å². The Morgan fingerprint density at radius 3 is 2.53 bits per heavy atom. The fourth-order valence-electron chi connectivity index (χ4n) is 3.77. The Bertz CT molecular complexity index is 1240. The number of phenols is 1. The number of aromatic nitrogens is 1. The highest BCUT2D eigenvalue weighted by Gasteiger charge is 2.34. The lowest BCUT2D eigenvalue weighted by molar-refractivity contribution is 0.0726. The summed E-state index contributed by atoms with van der Waals surface area (Å²) in [7, 11) is -3.67. The second-order valence-corrected chi connectivity index (χ2v) is 10.1. The van der Waals surface area contributed by atoms with Crippen LogP contribution in [0.25, 0.3) is 10.9 Å². The standard InChI is InChI=1S/C21H18Cl2N2O4S/c22-16-5-1-3-15(19(16)23)21(27)25-11-8-13(9-12-25)30(28,29)18-7-6-17(26)20-14(18)4-2-10-24-20/h1-7,10,13,26H,8-9,11-12H2. The number of nitrogens with zero attached hydrogens (tertiary/aromatic N) is 2. The van der Waals surface area contributed by atoms with Gasteiger partial charge < -0.3 is 10.0 Å². The summed E-state index contributed by atoms with van der Waals surface area (Å²) in [6, 6.07) is 10.9. The molecule has 0 unspecified atom stereocenters. The average molecular weight is 465 g/mol. The van der Waals surface area contributed by atoms with Gasteiger partial charge in [0.05, 0.1) is 25.8 Å². The van der Waals surface area contributed by atoms with Crippen LogP contribution in [0.4, 0.5) is 0 Å². The second kappa shape index (κ2) is 8.06. The van der Waals surface area contributed by atoms with Crippen LogP contribution >= 0.6 is 23.2 Å². The Morgan fingerprint density at radius 2 is 1.80 bits per heavy atom. The average Bonchev–Trinajstić information content (AvgIpc) is 2.75. The Balaban J connectivity index is 1.56. The summed E-state index contributed by atoms with van der Waals surface area (Å²) in [5.74, 6) is -0.332. The van der Waals surface area contributed by atoms with E-state index in [1.807, 2.05) is 0 Å². The number of carbonyl (C=O) groups is 1. The zero-order chi connectivity index (χ0) is 21.5. The molecule has 1 fully saturated rings. The topological polar surface area (TPSA) is 87.6 Å². The van der Waals surface area contributed by atoms with Gasteiger partial charge in [-0.1, -0.05) is 29.3 Å². The molecule has 3 aromatic rings. The molecule has 0 atom stereocenters. The fraction of sp³-hybridized carbons (Fsp3) is 0.238. The molecule has 2 heterocycles. The minimum atomic E-state index is -3.67. The number of likely N-dealkylation sites (tertiary alicyclic amines) is 1. The predicted molar refractivity (Wildman–Crippen MR) is 116 cm³/mol. The maximum Gasteiger partial charge on any atom is 0.255 e. The van der Waals surface area contributed by atoms with Crippen molar-refractivity contribution in [3.8, 4) is 5.75 Å². The molecule has 1 aliphatic heterocycles. The van der Waals surface area contributed by atoms with Crippen LogP contribution in [0.15, 0.2) is 53.6 Å². The lowest BCUT2D eigenvalue weighted by Crippen LogP contribution is -2.42. The van der Waals surface area contributed by atoms with Crippen molar-refractivity contribution in [2.75, 3.05) is 13.1 Å². The first kappa shape index (κ1) is 20.9. The molecule has 0 bridgehead atoms. The Labute approximate surface area is 184 Å². The number of phenolic OH excluding ortho intramolecular Hbond substituents is 1. The number of hydrogen-bond acceptors (Lipinski definition) is 5. The molecule has 1 aromatic heterocycles. The lowest BCUT2D eigenvalue weighted by atomic mass is 10.1. The van der Waals surface area contributed by atoms with Crippen molar-refractivity contribution in [3.63, 3.8) is 0 Å². The zero-order valence-electron chi connectivity index (χ0n) is 15.8. The number of pyridine rings is 1. The molecule has 1 amide bonds. The minimum absolute atomic E-state index is 0.0663. The lowest BCUT2D eigenvalue weighted by Gasteiger charge is -2.32. The smallest absolute Gasteiger partial charge is 0.255 e. The molecular weight excluding hydrogens is 447 g/mol. The highest BCUT2D eigenvalue weighted by Crippen LogP contribution is 2.34. The fourth-order valence-corrected chi connectivity index (χ4v) is 6.07. The third kappa shape index (κ3) is 3.62. The molecule has 30 heavy (non-hydrogen) atoms. The number of rotatable bonds is 3. The van der Waals surface area contributed by atoms with Gasteiger partial charge in [0.2, 0.25) is 0 Å². The van der Waals surface area contributed by atoms with Crippen LogP contribution in [0.2, 0.25) is 10.0 Å². The number of benzene rings is 2. The summed E-state index contributed by atoms with van der Waals surface area (Å²) in [5, 5.41) is 10.2. The van der Waals surface area contributed by atoms with Gasteiger partial charge in [0.1, 0.15) is 11.3 Å². The molecule has 6 nitrogen and oxygen atoms in total. The van der Waals surface area contributed by atoms with Crippen LogP contribution in [-0.2, 0) is 9.84 Å². The molecule has 156 valence electrons. The Morgan fingerprint density at radius 1 is 1.07 bits per heavy atom. The summed E-state index contributed by atoms with van der Waals surface area (Å²) in [6.45, 7) is 0.583. The van der Waals surface area contributed by atoms with Crippen molar-refractivity contribution in [3.05, 3.63) is 64.3 Å². The summed E-state index contributed by atoms with van der Waals surface area (Å²) >= 11 is 12.2. The molecule has 1 saturated heterocycles. The molecule has 1 aliphatic rings. The van der Waals surface area contributed by atoms with E-state index in [-0.39, 0.29) is 27.1 Å². The molecule has 0 aliphatic carbocycles. The summed E-state index contributed by atoms with van der Waals surface area (Å²) in [6.07, 6.45) is 2.10. The largest absolute Gasteiger partial charge is 0.506 e. The highest BCUT2D eigenvalue weighted by atomic mass is 35.5. The summed E-state index contributed by atoms with van der Waals surface area (Å²) in [4.78, 5) is 18.6. The molecule has 1 N–H and O–H groups in total. The normalized spacial score (nSPS) is 15.5. The van der Waals surface area contributed by atoms with Crippen molar-refractivity contribution in [2.24, 2.45) is 0 Å². The zero-order valence-corrected chi connectivity index (χ0v) is 18.1. The quantitative estimate of drug-likeness (QED) is 0.623. The Hall–Kier alpha value is -2.35. The van der Waals surface area contributed by atoms with Crippen LogP contribution in [0.3, 0.4) is 0 Å². The third-order valence-electron chi connectivity index (χ3n) is 5.36. The molecule has 9 heteroatoms. The van der Waals surface area contributed by atoms with Gasteiger partial charge in [-0.25, -0.2) is 8.42 Å². The first-order chi connectivity index (χ1) is 14.3. The van der Waals surface area contributed by atoms with Gasteiger partial charge in [-0.15, -0.1) is 0 Å². The van der Waals surface area contributed by atoms with Gasteiger partial charge in [0.15, 0.2) is 9.84 Å². The molecule has 2 aromatic carbocycles. The van der Waals surface area contributed by atoms with Crippen LogP contribution in [0.5, 0.6) is 5.75 Å². The van der Waals surface area contributed by atoms with Crippen LogP contribution in [-0.4, -0.2) is 47.7 Å². The number of hydrogen-bond donors (Lipinski definition) is 1. The third-order valence-corrected chi connectivity index (χ3v) is 8.50. The van der Waals surface area contributed by atoms with Crippen molar-refractivity contribution < 1.29 is 18.3 Å². The van der Waals surface area contributed by atoms with E-state index < -0.39 is 15.1 Å². The first-order valence-electron chi connectivity index (χ1n) is 9.34. The second-order valence-electron chi connectivity index (χ2n) is 7.12. The maximum absolute atomic E-state index is 13.3. The number of halogens is 2. The van der Waals surface area contributed by atoms with E-state index in [4.69, 9.17) is 23.2 Å². The van der Waals surface area contributed by atoms with Gasteiger partial charge in [-0.05, 0) is 49.2 Å². The van der Waals surface area contributed by atoms with E-state index in [2.05, 4.69) is 4.98 Å². The number of amides is 1.